The molecule has 1 fully saturated rings. The quantitative estimate of drug-likeness (QED) is 0.712. The van der Waals surface area contributed by atoms with E-state index in [2.05, 4.69) is 4.74 Å². The highest BCUT2D eigenvalue weighted by atomic mass is 16.5. The lowest BCUT2D eigenvalue weighted by Gasteiger charge is -2.08. The molecule has 0 atom stereocenters. The van der Waals surface area contributed by atoms with Crippen molar-refractivity contribution in [2.24, 2.45) is 0 Å². The van der Waals surface area contributed by atoms with Crippen LogP contribution in [0.1, 0.15) is 28.8 Å². The second kappa shape index (κ2) is 3.93. The van der Waals surface area contributed by atoms with Gasteiger partial charge in [-0.25, -0.2) is 4.79 Å². The van der Waals surface area contributed by atoms with Crippen LogP contribution in [0.3, 0.4) is 0 Å². The maximum Gasteiger partial charge on any atom is 0.337 e. The average molecular weight is 206 g/mol. The van der Waals surface area contributed by atoms with E-state index in [9.17, 15) is 4.79 Å². The lowest BCUT2D eigenvalue weighted by Crippen LogP contribution is -2.03. The number of carbonyl (C=O) groups excluding carboxylic acids is 1. The van der Waals surface area contributed by atoms with Gasteiger partial charge >= 0.3 is 5.97 Å². The van der Waals surface area contributed by atoms with Gasteiger partial charge in [-0.05, 0) is 43.5 Å². The number of carbonyl (C=O) groups is 1. The Kier molecular flexibility index (Phi) is 2.62. The standard InChI is InChI=1S/C12H14O3/c1-8-7-9(12(13)14-2)3-6-11(8)15-10-4-5-10/h3,6-7,10H,4-5H2,1-2H3. The summed E-state index contributed by atoms with van der Waals surface area (Å²) in [4.78, 5) is 11.2. The van der Waals surface area contributed by atoms with Gasteiger partial charge in [-0.3, -0.25) is 0 Å². The minimum absolute atomic E-state index is 0.309. The van der Waals surface area contributed by atoms with E-state index in [4.69, 9.17) is 4.74 Å². The number of aryl methyl sites for hydroxylation is 1. The van der Waals surface area contributed by atoms with Crippen LogP contribution in [0.4, 0.5) is 0 Å². The summed E-state index contributed by atoms with van der Waals surface area (Å²) in [5.41, 5.74) is 1.54. The fourth-order valence-corrected chi connectivity index (χ4v) is 1.39. The molecule has 1 aromatic rings. The van der Waals surface area contributed by atoms with Crippen molar-refractivity contribution in [2.75, 3.05) is 7.11 Å². The molecule has 1 saturated carbocycles. The van der Waals surface area contributed by atoms with Crippen molar-refractivity contribution in [1.82, 2.24) is 0 Å². The summed E-state index contributed by atoms with van der Waals surface area (Å²) in [7, 11) is 1.38. The molecule has 3 heteroatoms. The summed E-state index contributed by atoms with van der Waals surface area (Å²) >= 11 is 0. The molecule has 1 aliphatic rings. The maximum absolute atomic E-state index is 11.2. The molecule has 0 N–H and O–H groups in total. The maximum atomic E-state index is 11.2. The molecule has 0 unspecified atom stereocenters. The van der Waals surface area contributed by atoms with Crippen LogP contribution < -0.4 is 4.74 Å². The summed E-state index contributed by atoms with van der Waals surface area (Å²) in [6, 6.07) is 5.36. The Hall–Kier alpha value is -1.51. The van der Waals surface area contributed by atoms with Gasteiger partial charge in [0.05, 0.1) is 18.8 Å². The molecule has 0 heterocycles. The average Bonchev–Trinajstić information content (AvgIpc) is 3.04. The molecule has 2 rings (SSSR count). The normalized spacial score (nSPS) is 14.8. The first-order chi connectivity index (χ1) is 7.20. The topological polar surface area (TPSA) is 35.5 Å². The predicted octanol–water partition coefficient (Wildman–Crippen LogP) is 2.32. The molecule has 0 aliphatic heterocycles. The highest BCUT2D eigenvalue weighted by molar-refractivity contribution is 5.89. The van der Waals surface area contributed by atoms with Crippen molar-refractivity contribution >= 4 is 5.97 Å². The second-order valence-electron chi connectivity index (χ2n) is 3.79. The van der Waals surface area contributed by atoms with E-state index >= 15 is 0 Å². The zero-order chi connectivity index (χ0) is 10.8. The third-order valence-electron chi connectivity index (χ3n) is 2.41. The second-order valence-corrected chi connectivity index (χ2v) is 3.79. The van der Waals surface area contributed by atoms with Crippen LogP contribution in [-0.2, 0) is 4.74 Å². The molecule has 0 spiro atoms. The number of benzene rings is 1. The van der Waals surface area contributed by atoms with Gasteiger partial charge in [0.25, 0.3) is 0 Å². The predicted molar refractivity (Wildman–Crippen MR) is 56.2 cm³/mol. The van der Waals surface area contributed by atoms with E-state index in [1.54, 1.807) is 12.1 Å². The molecule has 0 amide bonds. The van der Waals surface area contributed by atoms with Crippen LogP contribution in [0.5, 0.6) is 5.75 Å². The van der Waals surface area contributed by atoms with Crippen LogP contribution >= 0.6 is 0 Å². The van der Waals surface area contributed by atoms with Gasteiger partial charge in [-0.2, -0.15) is 0 Å². The van der Waals surface area contributed by atoms with Gasteiger partial charge in [0.15, 0.2) is 0 Å². The van der Waals surface area contributed by atoms with Crippen molar-refractivity contribution in [2.45, 2.75) is 25.9 Å². The van der Waals surface area contributed by atoms with Gasteiger partial charge in [0.1, 0.15) is 5.75 Å². The summed E-state index contributed by atoms with van der Waals surface area (Å²) < 4.78 is 10.3. The number of methoxy groups -OCH3 is 1. The first-order valence-corrected chi connectivity index (χ1v) is 5.06. The largest absolute Gasteiger partial charge is 0.490 e. The van der Waals surface area contributed by atoms with Crippen LogP contribution in [0, 0.1) is 6.92 Å². The number of rotatable bonds is 3. The fourth-order valence-electron chi connectivity index (χ4n) is 1.39. The van der Waals surface area contributed by atoms with Crippen LogP contribution in [0.25, 0.3) is 0 Å². The molecule has 3 nitrogen and oxygen atoms in total. The lowest BCUT2D eigenvalue weighted by atomic mass is 10.1. The summed E-state index contributed by atoms with van der Waals surface area (Å²) in [5, 5.41) is 0. The van der Waals surface area contributed by atoms with Crippen LogP contribution in [-0.4, -0.2) is 19.2 Å². The van der Waals surface area contributed by atoms with Gasteiger partial charge < -0.3 is 9.47 Å². The van der Waals surface area contributed by atoms with Gasteiger partial charge in [-0.15, -0.1) is 0 Å². The summed E-state index contributed by atoms with van der Waals surface area (Å²) in [6.07, 6.45) is 2.66. The van der Waals surface area contributed by atoms with E-state index in [0.29, 0.717) is 11.7 Å². The van der Waals surface area contributed by atoms with Gasteiger partial charge in [0, 0.05) is 0 Å². The molecule has 0 bridgehead atoms. The van der Waals surface area contributed by atoms with Crippen molar-refractivity contribution in [3.63, 3.8) is 0 Å². The van der Waals surface area contributed by atoms with E-state index < -0.39 is 0 Å². The molecule has 0 saturated heterocycles. The first kappa shape index (κ1) is 10.0. The SMILES string of the molecule is COC(=O)c1ccc(OC2CC2)c(C)c1. The minimum Gasteiger partial charge on any atom is -0.490 e. The first-order valence-electron chi connectivity index (χ1n) is 5.06. The molecule has 1 aromatic carbocycles. The number of hydrogen-bond donors (Lipinski definition) is 0. The van der Waals surface area contributed by atoms with Crippen molar-refractivity contribution in [3.8, 4) is 5.75 Å². The third kappa shape index (κ3) is 2.29. The highest BCUT2D eigenvalue weighted by Crippen LogP contribution is 2.29. The van der Waals surface area contributed by atoms with E-state index in [-0.39, 0.29) is 5.97 Å². The monoisotopic (exact) mass is 206 g/mol. The molecule has 0 radical (unpaired) electrons. The summed E-state index contributed by atoms with van der Waals surface area (Å²) in [5.74, 6) is 0.557. The minimum atomic E-state index is -0.309. The Morgan fingerprint density at radius 1 is 1.40 bits per heavy atom. The van der Waals surface area contributed by atoms with Gasteiger partial charge in [0.2, 0.25) is 0 Å². The Morgan fingerprint density at radius 2 is 2.13 bits per heavy atom. The molecular formula is C12H14O3. The van der Waals surface area contributed by atoms with E-state index in [1.807, 2.05) is 13.0 Å². The molecule has 0 aromatic heterocycles. The Labute approximate surface area is 89.0 Å². The zero-order valence-corrected chi connectivity index (χ0v) is 8.95. The highest BCUT2D eigenvalue weighted by Gasteiger charge is 2.24. The zero-order valence-electron chi connectivity index (χ0n) is 8.95. The molecule has 80 valence electrons. The van der Waals surface area contributed by atoms with Gasteiger partial charge in [-0.1, -0.05) is 0 Å². The van der Waals surface area contributed by atoms with Crippen LogP contribution in [0.2, 0.25) is 0 Å². The number of esters is 1. The fraction of sp³-hybridized carbons (Fsp3) is 0.417. The van der Waals surface area contributed by atoms with E-state index in [1.165, 1.54) is 7.11 Å². The van der Waals surface area contributed by atoms with Crippen molar-refractivity contribution in [3.05, 3.63) is 29.3 Å². The number of ether oxygens (including phenoxy) is 2. The van der Waals surface area contributed by atoms with E-state index in [0.717, 1.165) is 24.2 Å². The Morgan fingerprint density at radius 3 is 2.67 bits per heavy atom. The van der Waals surface area contributed by atoms with Crippen molar-refractivity contribution < 1.29 is 14.3 Å². The number of hydrogen-bond acceptors (Lipinski definition) is 3. The molecular weight excluding hydrogens is 192 g/mol. The van der Waals surface area contributed by atoms with Crippen LogP contribution in [0.15, 0.2) is 18.2 Å². The van der Waals surface area contributed by atoms with Crippen molar-refractivity contribution in [1.29, 1.82) is 0 Å². The smallest absolute Gasteiger partial charge is 0.337 e. The lowest BCUT2D eigenvalue weighted by molar-refractivity contribution is 0.0600. The summed E-state index contributed by atoms with van der Waals surface area (Å²) in [6.45, 7) is 1.93. The Bertz CT molecular complexity index is 380. The molecule has 1 aliphatic carbocycles. The Balaban J connectivity index is 2.17. The third-order valence-corrected chi connectivity index (χ3v) is 2.41. The molecule has 15 heavy (non-hydrogen) atoms.